The van der Waals surface area contributed by atoms with Crippen LogP contribution >= 0.6 is 11.6 Å². The Hall–Kier alpha value is -0.580. The van der Waals surface area contributed by atoms with Crippen LogP contribution in [0.4, 0.5) is 0 Å². The highest BCUT2D eigenvalue weighted by atomic mass is 35.5. The number of nitrogens with zero attached hydrogens (tertiary/aromatic N) is 1. The van der Waals surface area contributed by atoms with Gasteiger partial charge in [0.15, 0.2) is 0 Å². The SMILES string of the molecule is CCC(CC)N(C)S(=O)(=O)c1ccc(Cl)cc1. The lowest BCUT2D eigenvalue weighted by Crippen LogP contribution is -2.36. The molecule has 1 rings (SSSR count). The van der Waals surface area contributed by atoms with Gasteiger partial charge in [-0.2, -0.15) is 4.31 Å². The number of halogens is 1. The van der Waals surface area contributed by atoms with Gasteiger partial charge in [0.05, 0.1) is 4.90 Å². The summed E-state index contributed by atoms with van der Waals surface area (Å²) in [5.74, 6) is 0. The topological polar surface area (TPSA) is 37.4 Å². The number of sulfonamides is 1. The maximum Gasteiger partial charge on any atom is 0.243 e. The maximum atomic E-state index is 12.3. The highest BCUT2D eigenvalue weighted by molar-refractivity contribution is 7.89. The van der Waals surface area contributed by atoms with Crippen LogP contribution in [-0.4, -0.2) is 25.8 Å². The molecule has 0 heterocycles. The molecule has 5 heteroatoms. The molecular weight excluding hydrogens is 258 g/mol. The van der Waals surface area contributed by atoms with Crippen LogP contribution in [0.2, 0.25) is 5.02 Å². The summed E-state index contributed by atoms with van der Waals surface area (Å²) in [6.45, 7) is 3.98. The average Bonchev–Trinajstić information content (AvgIpc) is 2.31. The van der Waals surface area contributed by atoms with Crippen molar-refractivity contribution in [2.24, 2.45) is 0 Å². The van der Waals surface area contributed by atoms with Crippen molar-refractivity contribution in [3.63, 3.8) is 0 Å². The zero-order valence-corrected chi connectivity index (χ0v) is 11.9. The van der Waals surface area contributed by atoms with Crippen molar-refractivity contribution >= 4 is 21.6 Å². The van der Waals surface area contributed by atoms with Gasteiger partial charge in [0.25, 0.3) is 0 Å². The summed E-state index contributed by atoms with van der Waals surface area (Å²) in [6.07, 6.45) is 1.61. The summed E-state index contributed by atoms with van der Waals surface area (Å²) < 4.78 is 26.0. The van der Waals surface area contributed by atoms with Crippen molar-refractivity contribution in [3.05, 3.63) is 29.3 Å². The number of rotatable bonds is 5. The predicted octanol–water partition coefficient (Wildman–Crippen LogP) is 3.15. The van der Waals surface area contributed by atoms with E-state index in [0.717, 1.165) is 12.8 Å². The Labute approximate surface area is 108 Å². The molecule has 0 unspecified atom stereocenters. The molecule has 1 aromatic rings. The second-order valence-electron chi connectivity index (χ2n) is 3.95. The molecule has 17 heavy (non-hydrogen) atoms. The molecule has 96 valence electrons. The van der Waals surface area contributed by atoms with Crippen molar-refractivity contribution in [1.82, 2.24) is 4.31 Å². The lowest BCUT2D eigenvalue weighted by molar-refractivity contribution is 0.349. The second kappa shape index (κ2) is 5.85. The molecule has 0 atom stereocenters. The normalized spacial score (nSPS) is 12.4. The standard InChI is InChI=1S/C12H18ClNO2S/c1-4-11(5-2)14(3)17(15,16)12-8-6-10(13)7-9-12/h6-9,11H,4-5H2,1-3H3. The summed E-state index contributed by atoms with van der Waals surface area (Å²) in [5, 5.41) is 0.536. The van der Waals surface area contributed by atoms with E-state index in [2.05, 4.69) is 0 Å². The fourth-order valence-corrected chi connectivity index (χ4v) is 3.40. The third-order valence-electron chi connectivity index (χ3n) is 2.95. The van der Waals surface area contributed by atoms with Gasteiger partial charge >= 0.3 is 0 Å². The molecule has 0 fully saturated rings. The fraction of sp³-hybridized carbons (Fsp3) is 0.500. The smallest absolute Gasteiger partial charge is 0.207 e. The first-order valence-electron chi connectivity index (χ1n) is 5.67. The fourth-order valence-electron chi connectivity index (χ4n) is 1.77. The zero-order chi connectivity index (χ0) is 13.1. The molecule has 0 bridgehead atoms. The van der Waals surface area contributed by atoms with Crippen molar-refractivity contribution in [1.29, 1.82) is 0 Å². The Morgan fingerprint density at radius 1 is 1.18 bits per heavy atom. The first-order valence-corrected chi connectivity index (χ1v) is 7.48. The van der Waals surface area contributed by atoms with Gasteiger partial charge in [-0.15, -0.1) is 0 Å². The minimum absolute atomic E-state index is 0.0377. The van der Waals surface area contributed by atoms with Crippen LogP contribution in [0.3, 0.4) is 0 Å². The van der Waals surface area contributed by atoms with Crippen LogP contribution in [0.5, 0.6) is 0 Å². The summed E-state index contributed by atoms with van der Waals surface area (Å²) in [5.41, 5.74) is 0. The molecule has 1 aromatic carbocycles. The summed E-state index contributed by atoms with van der Waals surface area (Å²) in [6, 6.07) is 6.30. The van der Waals surface area contributed by atoms with Crippen LogP contribution in [0.15, 0.2) is 29.2 Å². The van der Waals surface area contributed by atoms with E-state index in [9.17, 15) is 8.42 Å². The Balaban J connectivity index is 3.06. The van der Waals surface area contributed by atoms with E-state index < -0.39 is 10.0 Å². The first-order chi connectivity index (χ1) is 7.93. The minimum atomic E-state index is -3.40. The van der Waals surface area contributed by atoms with Crippen LogP contribution in [0.1, 0.15) is 26.7 Å². The van der Waals surface area contributed by atoms with Crippen LogP contribution in [-0.2, 0) is 10.0 Å². The lowest BCUT2D eigenvalue weighted by atomic mass is 10.2. The summed E-state index contributed by atoms with van der Waals surface area (Å²) in [4.78, 5) is 0.288. The number of hydrogen-bond acceptors (Lipinski definition) is 2. The molecule has 0 saturated heterocycles. The number of benzene rings is 1. The first kappa shape index (κ1) is 14.5. The largest absolute Gasteiger partial charge is 0.243 e. The summed E-state index contributed by atoms with van der Waals surface area (Å²) >= 11 is 5.75. The minimum Gasteiger partial charge on any atom is -0.207 e. The van der Waals surface area contributed by atoms with Gasteiger partial charge in [-0.25, -0.2) is 8.42 Å². The second-order valence-corrected chi connectivity index (χ2v) is 6.38. The molecule has 0 N–H and O–H groups in total. The Bertz CT molecular complexity index is 452. The molecule has 0 aliphatic rings. The maximum absolute atomic E-state index is 12.3. The molecule has 0 aromatic heterocycles. The van der Waals surface area contributed by atoms with Crippen LogP contribution in [0, 0.1) is 0 Å². The lowest BCUT2D eigenvalue weighted by Gasteiger charge is -2.25. The van der Waals surface area contributed by atoms with Crippen molar-refractivity contribution in [2.45, 2.75) is 37.6 Å². The third kappa shape index (κ3) is 3.21. The molecule has 3 nitrogen and oxygen atoms in total. The molecule has 0 spiro atoms. The molecule has 0 aliphatic heterocycles. The van der Waals surface area contributed by atoms with Gasteiger partial charge in [-0.1, -0.05) is 25.4 Å². The Morgan fingerprint density at radius 3 is 2.06 bits per heavy atom. The van der Waals surface area contributed by atoms with Gasteiger partial charge in [0, 0.05) is 18.1 Å². The third-order valence-corrected chi connectivity index (χ3v) is 5.12. The molecule has 0 radical (unpaired) electrons. The summed E-state index contributed by atoms with van der Waals surface area (Å²) in [7, 11) is -1.78. The van der Waals surface area contributed by atoms with E-state index >= 15 is 0 Å². The van der Waals surface area contributed by atoms with E-state index in [1.165, 1.54) is 16.4 Å². The Morgan fingerprint density at radius 2 is 1.65 bits per heavy atom. The van der Waals surface area contributed by atoms with Gasteiger partial charge in [0.2, 0.25) is 10.0 Å². The van der Waals surface area contributed by atoms with Crippen molar-refractivity contribution in [2.75, 3.05) is 7.05 Å². The molecular formula is C12H18ClNO2S. The zero-order valence-electron chi connectivity index (χ0n) is 10.4. The van der Waals surface area contributed by atoms with Crippen molar-refractivity contribution < 1.29 is 8.42 Å². The van der Waals surface area contributed by atoms with Gasteiger partial charge in [-0.3, -0.25) is 0 Å². The molecule has 0 aliphatic carbocycles. The van der Waals surface area contributed by atoms with Crippen LogP contribution in [0.25, 0.3) is 0 Å². The van der Waals surface area contributed by atoms with Gasteiger partial charge in [-0.05, 0) is 37.1 Å². The Kier molecular flexibility index (Phi) is 4.98. The predicted molar refractivity (Wildman–Crippen MR) is 70.8 cm³/mol. The molecule has 0 saturated carbocycles. The number of hydrogen-bond donors (Lipinski definition) is 0. The van der Waals surface area contributed by atoms with E-state index in [1.54, 1.807) is 19.2 Å². The van der Waals surface area contributed by atoms with E-state index in [4.69, 9.17) is 11.6 Å². The highest BCUT2D eigenvalue weighted by Crippen LogP contribution is 2.21. The van der Waals surface area contributed by atoms with Gasteiger partial charge < -0.3 is 0 Å². The monoisotopic (exact) mass is 275 g/mol. The van der Waals surface area contributed by atoms with Crippen molar-refractivity contribution in [3.8, 4) is 0 Å². The van der Waals surface area contributed by atoms with Gasteiger partial charge in [0.1, 0.15) is 0 Å². The highest BCUT2D eigenvalue weighted by Gasteiger charge is 2.25. The molecule has 0 amide bonds. The van der Waals surface area contributed by atoms with E-state index in [1.807, 2.05) is 13.8 Å². The van der Waals surface area contributed by atoms with E-state index in [0.29, 0.717) is 5.02 Å². The van der Waals surface area contributed by atoms with Crippen LogP contribution < -0.4 is 0 Å². The average molecular weight is 276 g/mol. The van der Waals surface area contributed by atoms with E-state index in [-0.39, 0.29) is 10.9 Å². The quantitative estimate of drug-likeness (QED) is 0.828.